The number of benzene rings is 3. The molecule has 3 heteroatoms. The van der Waals surface area contributed by atoms with E-state index in [-0.39, 0.29) is 0 Å². The lowest BCUT2D eigenvalue weighted by Crippen LogP contribution is -2.36. The molecule has 0 unspecified atom stereocenters. The lowest BCUT2D eigenvalue weighted by molar-refractivity contribution is -0.659. The lowest BCUT2D eigenvalue weighted by atomic mass is 9.97. The van der Waals surface area contributed by atoms with Crippen LogP contribution >= 0.6 is 0 Å². The van der Waals surface area contributed by atoms with Gasteiger partial charge in [-0.2, -0.15) is 4.57 Å². The van der Waals surface area contributed by atoms with Crippen molar-refractivity contribution in [3.8, 4) is 16.9 Å². The zero-order chi connectivity index (χ0) is 21.5. The van der Waals surface area contributed by atoms with Crippen LogP contribution in [0.4, 0.5) is 5.69 Å². The van der Waals surface area contributed by atoms with Gasteiger partial charge in [-0.15, -0.1) is 0 Å². The Bertz CT molecular complexity index is 1420. The first-order valence-electron chi connectivity index (χ1n) is 10.4. The van der Waals surface area contributed by atoms with Gasteiger partial charge in [0.15, 0.2) is 17.6 Å². The summed E-state index contributed by atoms with van der Waals surface area (Å²) >= 11 is 0. The number of rotatable bonds is 2. The minimum atomic E-state index is 0.642. The fraction of sp³-hybridized carbons (Fsp3) is 0.107. The first kappa shape index (κ1) is 19.0. The predicted molar refractivity (Wildman–Crippen MR) is 125 cm³/mol. The third kappa shape index (κ3) is 3.05. The van der Waals surface area contributed by atoms with Gasteiger partial charge in [-0.1, -0.05) is 30.3 Å². The maximum Gasteiger partial charge on any atom is 0.219 e. The zero-order valence-corrected chi connectivity index (χ0v) is 17.9. The molecular weight excluding hydrogens is 378 g/mol. The average Bonchev–Trinajstić information content (AvgIpc) is 2.80. The molecule has 0 aliphatic carbocycles. The summed E-state index contributed by atoms with van der Waals surface area (Å²) in [4.78, 5) is 3.83. The number of fused-ring (bicyclic) bond motifs is 2. The van der Waals surface area contributed by atoms with Crippen molar-refractivity contribution in [1.82, 2.24) is 0 Å². The molecule has 0 aliphatic heterocycles. The van der Waals surface area contributed by atoms with Gasteiger partial charge in [-0.3, -0.25) is 0 Å². The molecule has 2 aromatic heterocycles. The highest BCUT2D eigenvalue weighted by Gasteiger charge is 2.25. The van der Waals surface area contributed by atoms with Crippen molar-refractivity contribution >= 4 is 27.4 Å². The molecule has 0 aliphatic rings. The third-order valence-corrected chi connectivity index (χ3v) is 6.07. The molecule has 0 fully saturated rings. The summed E-state index contributed by atoms with van der Waals surface area (Å²) in [6, 6.07) is 27.3. The summed E-state index contributed by atoms with van der Waals surface area (Å²) in [6.45, 7) is 12.1. The summed E-state index contributed by atoms with van der Waals surface area (Å²) in [7, 11) is 2.07. The van der Waals surface area contributed by atoms with Gasteiger partial charge < -0.3 is 0 Å². The van der Waals surface area contributed by atoms with Gasteiger partial charge >= 0.3 is 0 Å². The van der Waals surface area contributed by atoms with Gasteiger partial charge in [0.2, 0.25) is 16.9 Å². The van der Waals surface area contributed by atoms with E-state index in [1.54, 1.807) is 0 Å². The third-order valence-electron chi connectivity index (χ3n) is 6.07. The second kappa shape index (κ2) is 7.34. The number of aryl methyl sites for hydroxylation is 2. The Labute approximate surface area is 182 Å². The molecule has 0 N–H and O–H groups in total. The average molecular weight is 402 g/mol. The highest BCUT2D eigenvalue weighted by Crippen LogP contribution is 2.33. The molecule has 3 aromatic carbocycles. The number of nitrogens with zero attached hydrogens (tertiary/aromatic N) is 3. The minimum absolute atomic E-state index is 0.642. The standard InChI is InChI=1S/C28H23N3/c1-19-13-14-22-10-6-8-12-26(22)31(19)27-18-23(29-3)17-25(20(27)2)28-24-11-7-5-9-21(24)15-16-30(28)4/h5-18H,1-2,4H3/q+2. The van der Waals surface area contributed by atoms with Crippen LogP contribution in [0.2, 0.25) is 0 Å². The van der Waals surface area contributed by atoms with E-state index in [0.29, 0.717) is 5.69 Å². The Morgan fingerprint density at radius 2 is 1.55 bits per heavy atom. The maximum atomic E-state index is 7.77. The van der Waals surface area contributed by atoms with E-state index in [4.69, 9.17) is 6.57 Å². The quantitative estimate of drug-likeness (QED) is 0.257. The summed E-state index contributed by atoms with van der Waals surface area (Å²) < 4.78 is 4.43. The Morgan fingerprint density at radius 3 is 2.35 bits per heavy atom. The van der Waals surface area contributed by atoms with E-state index >= 15 is 0 Å². The summed E-state index contributed by atoms with van der Waals surface area (Å²) in [5, 5.41) is 3.56. The summed E-state index contributed by atoms with van der Waals surface area (Å²) in [6.07, 6.45) is 2.09. The van der Waals surface area contributed by atoms with E-state index in [1.807, 2.05) is 12.1 Å². The monoisotopic (exact) mass is 401 g/mol. The predicted octanol–water partition coefficient (Wildman–Crippen LogP) is 5.93. The number of aromatic nitrogens is 2. The van der Waals surface area contributed by atoms with Crippen molar-refractivity contribution in [2.45, 2.75) is 13.8 Å². The number of para-hydroxylation sites is 1. The van der Waals surface area contributed by atoms with E-state index < -0.39 is 0 Å². The Kier molecular flexibility index (Phi) is 4.49. The van der Waals surface area contributed by atoms with E-state index in [2.05, 4.69) is 108 Å². The van der Waals surface area contributed by atoms with E-state index in [9.17, 15) is 0 Å². The number of pyridine rings is 2. The highest BCUT2D eigenvalue weighted by atomic mass is 15.0. The van der Waals surface area contributed by atoms with Crippen LogP contribution in [0.1, 0.15) is 11.3 Å². The molecule has 0 radical (unpaired) electrons. The van der Waals surface area contributed by atoms with Crippen LogP contribution in [0, 0.1) is 20.4 Å². The van der Waals surface area contributed by atoms with Crippen LogP contribution in [-0.4, -0.2) is 0 Å². The van der Waals surface area contributed by atoms with Crippen LogP contribution in [0.25, 0.3) is 43.5 Å². The number of hydrogen-bond donors (Lipinski definition) is 0. The Balaban J connectivity index is 1.90. The molecule has 0 saturated heterocycles. The molecule has 0 amide bonds. The summed E-state index contributed by atoms with van der Waals surface area (Å²) in [5.74, 6) is 0. The smallest absolute Gasteiger partial charge is 0.219 e. The van der Waals surface area contributed by atoms with Crippen molar-refractivity contribution in [3.63, 3.8) is 0 Å². The van der Waals surface area contributed by atoms with Gasteiger partial charge in [-0.25, -0.2) is 9.41 Å². The molecule has 2 heterocycles. The van der Waals surface area contributed by atoms with Crippen molar-refractivity contribution in [1.29, 1.82) is 0 Å². The van der Waals surface area contributed by atoms with Gasteiger partial charge in [0.05, 0.1) is 12.0 Å². The minimum Gasteiger partial charge on any atom is -0.238 e. The van der Waals surface area contributed by atoms with Crippen LogP contribution < -0.4 is 9.13 Å². The van der Waals surface area contributed by atoms with Crippen molar-refractivity contribution in [2.75, 3.05) is 0 Å². The van der Waals surface area contributed by atoms with Crippen LogP contribution in [0.3, 0.4) is 0 Å². The lowest BCUT2D eigenvalue weighted by Gasteiger charge is -2.12. The normalized spacial score (nSPS) is 11.0. The molecule has 0 bridgehead atoms. The van der Waals surface area contributed by atoms with Gasteiger partial charge in [-0.05, 0) is 36.6 Å². The molecule has 5 rings (SSSR count). The fourth-order valence-electron chi connectivity index (χ4n) is 4.50. The first-order valence-corrected chi connectivity index (χ1v) is 10.4. The largest absolute Gasteiger partial charge is 0.238 e. The van der Waals surface area contributed by atoms with Crippen LogP contribution in [0.5, 0.6) is 0 Å². The SMILES string of the molecule is [C-]#[N+]c1cc(-c2c3ccccc3cc[n+]2C)c(C)c(-[n+]2c(C)ccc3ccccc32)c1. The first-order chi connectivity index (χ1) is 15.1. The van der Waals surface area contributed by atoms with Gasteiger partial charge in [0, 0.05) is 47.7 Å². The second-order valence-corrected chi connectivity index (χ2v) is 7.98. The van der Waals surface area contributed by atoms with E-state index in [1.165, 1.54) is 16.2 Å². The fourth-order valence-corrected chi connectivity index (χ4v) is 4.50. The molecule has 0 atom stereocenters. The zero-order valence-electron chi connectivity index (χ0n) is 17.9. The summed E-state index contributed by atoms with van der Waals surface area (Å²) in [5.41, 5.74) is 7.33. The van der Waals surface area contributed by atoms with E-state index in [0.717, 1.165) is 33.7 Å². The Morgan fingerprint density at radius 1 is 0.806 bits per heavy atom. The molecule has 0 saturated carbocycles. The van der Waals surface area contributed by atoms with Gasteiger partial charge in [0.25, 0.3) is 0 Å². The second-order valence-electron chi connectivity index (χ2n) is 7.98. The topological polar surface area (TPSA) is 12.1 Å². The van der Waals surface area contributed by atoms with Crippen LogP contribution in [0.15, 0.2) is 85.1 Å². The number of hydrogen-bond acceptors (Lipinski definition) is 0. The molecular formula is C28H23N3+2. The molecule has 3 nitrogen and oxygen atoms in total. The Hall–Kier alpha value is -4.03. The van der Waals surface area contributed by atoms with Crippen molar-refractivity contribution in [3.05, 3.63) is 108 Å². The van der Waals surface area contributed by atoms with Gasteiger partial charge in [0.1, 0.15) is 7.05 Å². The van der Waals surface area contributed by atoms with Crippen molar-refractivity contribution < 1.29 is 9.13 Å². The molecule has 0 spiro atoms. The maximum absolute atomic E-state index is 7.77. The van der Waals surface area contributed by atoms with Crippen molar-refractivity contribution in [2.24, 2.45) is 7.05 Å². The van der Waals surface area contributed by atoms with Crippen LogP contribution in [-0.2, 0) is 7.05 Å². The molecule has 148 valence electrons. The highest BCUT2D eigenvalue weighted by molar-refractivity contribution is 5.94. The molecule has 5 aromatic rings. The molecule has 31 heavy (non-hydrogen) atoms.